The van der Waals surface area contributed by atoms with Crippen LogP contribution in [0.1, 0.15) is 17.0 Å². The fourth-order valence-electron chi connectivity index (χ4n) is 2.63. The fourth-order valence-corrected chi connectivity index (χ4v) is 3.19. The molecule has 0 spiro atoms. The van der Waals surface area contributed by atoms with Crippen molar-refractivity contribution < 1.29 is 4.52 Å². The maximum absolute atomic E-state index is 5.37. The van der Waals surface area contributed by atoms with E-state index in [2.05, 4.69) is 55.2 Å². The van der Waals surface area contributed by atoms with Gasteiger partial charge in [0.05, 0.1) is 13.1 Å². The van der Waals surface area contributed by atoms with E-state index < -0.39 is 0 Å². The van der Waals surface area contributed by atoms with E-state index in [9.17, 15) is 0 Å². The molecule has 0 saturated carbocycles. The van der Waals surface area contributed by atoms with Gasteiger partial charge in [-0.05, 0) is 38.2 Å². The van der Waals surface area contributed by atoms with Gasteiger partial charge in [0.1, 0.15) is 5.69 Å². The van der Waals surface area contributed by atoms with Gasteiger partial charge in [-0.2, -0.15) is 0 Å². The van der Waals surface area contributed by atoms with Crippen molar-refractivity contribution >= 4 is 21.6 Å². The third-order valence-corrected chi connectivity index (χ3v) is 4.24. The molecule has 0 unspecified atom stereocenters. The molecule has 0 amide bonds. The maximum atomic E-state index is 5.37. The van der Waals surface area contributed by atoms with Gasteiger partial charge in [-0.25, -0.2) is 0 Å². The van der Waals surface area contributed by atoms with Gasteiger partial charge in [-0.3, -0.25) is 0 Å². The Morgan fingerprint density at radius 2 is 2.25 bits per heavy atom. The summed E-state index contributed by atoms with van der Waals surface area (Å²) in [5, 5.41) is 4.17. The molecule has 3 rings (SSSR count). The van der Waals surface area contributed by atoms with Crippen molar-refractivity contribution in [2.24, 2.45) is 0 Å². The zero-order valence-electron chi connectivity index (χ0n) is 11.8. The quantitative estimate of drug-likeness (QED) is 0.859. The third-order valence-electron chi connectivity index (χ3n) is 3.50. The first-order valence-electron chi connectivity index (χ1n) is 6.75. The molecular formula is C15H18BrN3O. The highest BCUT2D eigenvalue weighted by molar-refractivity contribution is 9.10. The molecule has 1 aromatic carbocycles. The van der Waals surface area contributed by atoms with Crippen LogP contribution in [-0.4, -0.2) is 30.7 Å². The van der Waals surface area contributed by atoms with E-state index in [1.54, 1.807) is 0 Å². The van der Waals surface area contributed by atoms with Gasteiger partial charge in [0.25, 0.3) is 0 Å². The topological polar surface area (TPSA) is 32.5 Å². The van der Waals surface area contributed by atoms with Crippen molar-refractivity contribution in [1.29, 1.82) is 0 Å². The third kappa shape index (κ3) is 2.74. The lowest BCUT2D eigenvalue weighted by Gasteiger charge is -2.17. The summed E-state index contributed by atoms with van der Waals surface area (Å²) >= 11 is 3.63. The van der Waals surface area contributed by atoms with E-state index in [1.807, 2.05) is 14.1 Å². The summed E-state index contributed by atoms with van der Waals surface area (Å²) in [5.41, 5.74) is 3.69. The van der Waals surface area contributed by atoms with Gasteiger partial charge >= 0.3 is 0 Å². The second-order valence-electron chi connectivity index (χ2n) is 5.43. The predicted molar refractivity (Wildman–Crippen MR) is 82.8 cm³/mol. The molecule has 0 fully saturated rings. The minimum atomic E-state index is 0.787. The Kier molecular flexibility index (Phi) is 3.81. The van der Waals surface area contributed by atoms with Crippen LogP contribution in [0.25, 0.3) is 0 Å². The van der Waals surface area contributed by atoms with Gasteiger partial charge in [0.15, 0.2) is 5.76 Å². The van der Waals surface area contributed by atoms with Crippen molar-refractivity contribution in [1.82, 2.24) is 10.1 Å². The van der Waals surface area contributed by atoms with Crippen LogP contribution in [0.15, 0.2) is 33.3 Å². The molecule has 2 aromatic rings. The Bertz CT molecular complexity index is 609. The maximum Gasteiger partial charge on any atom is 0.151 e. The predicted octanol–water partition coefficient (Wildman–Crippen LogP) is 3.06. The van der Waals surface area contributed by atoms with Crippen LogP contribution in [0.5, 0.6) is 0 Å². The van der Waals surface area contributed by atoms with Crippen LogP contribution < -0.4 is 4.90 Å². The summed E-state index contributed by atoms with van der Waals surface area (Å²) in [4.78, 5) is 4.43. The van der Waals surface area contributed by atoms with Crippen molar-refractivity contribution in [2.45, 2.75) is 19.5 Å². The molecule has 0 saturated heterocycles. The summed E-state index contributed by atoms with van der Waals surface area (Å²) in [5.74, 6) is 0.915. The monoisotopic (exact) mass is 335 g/mol. The van der Waals surface area contributed by atoms with E-state index in [0.717, 1.165) is 37.5 Å². The Morgan fingerprint density at radius 1 is 1.40 bits per heavy atom. The Balaban J connectivity index is 1.74. The summed E-state index contributed by atoms with van der Waals surface area (Å²) < 4.78 is 6.57. The fraction of sp³-hybridized carbons (Fsp3) is 0.400. The molecule has 4 nitrogen and oxygen atoms in total. The molecule has 1 aliphatic heterocycles. The Labute approximate surface area is 127 Å². The molecule has 0 N–H and O–H groups in total. The van der Waals surface area contributed by atoms with E-state index in [0.29, 0.717) is 0 Å². The highest BCUT2D eigenvalue weighted by Gasteiger charge is 2.21. The largest absolute Gasteiger partial charge is 0.365 e. The number of rotatable bonds is 4. The number of nitrogens with zero attached hydrogens (tertiary/aromatic N) is 3. The zero-order chi connectivity index (χ0) is 14.1. The van der Waals surface area contributed by atoms with E-state index in [1.165, 1.54) is 15.7 Å². The first kappa shape index (κ1) is 13.6. The number of fused-ring (bicyclic) bond motifs is 1. The summed E-state index contributed by atoms with van der Waals surface area (Å²) in [6, 6.07) is 8.42. The van der Waals surface area contributed by atoms with Crippen LogP contribution in [-0.2, 0) is 19.5 Å². The number of benzene rings is 1. The molecule has 20 heavy (non-hydrogen) atoms. The molecule has 106 valence electrons. The number of halogens is 1. The molecule has 0 radical (unpaired) electrons. The molecule has 0 atom stereocenters. The van der Waals surface area contributed by atoms with E-state index in [-0.39, 0.29) is 0 Å². The average Bonchev–Trinajstić information content (AvgIpc) is 2.98. The molecular weight excluding hydrogens is 318 g/mol. The van der Waals surface area contributed by atoms with Gasteiger partial charge < -0.3 is 14.3 Å². The molecule has 0 bridgehead atoms. The highest BCUT2D eigenvalue weighted by Crippen LogP contribution is 2.34. The van der Waals surface area contributed by atoms with Crippen molar-refractivity contribution in [3.63, 3.8) is 0 Å². The lowest BCUT2D eigenvalue weighted by molar-refractivity contribution is 0.307. The molecule has 5 heteroatoms. The lowest BCUT2D eigenvalue weighted by atomic mass is 10.2. The van der Waals surface area contributed by atoms with E-state index in [4.69, 9.17) is 4.52 Å². The molecule has 1 aromatic heterocycles. The zero-order valence-corrected chi connectivity index (χ0v) is 13.4. The summed E-state index contributed by atoms with van der Waals surface area (Å²) in [7, 11) is 4.05. The van der Waals surface area contributed by atoms with Crippen molar-refractivity contribution in [2.75, 3.05) is 25.5 Å². The first-order chi connectivity index (χ1) is 9.63. The first-order valence-corrected chi connectivity index (χ1v) is 7.54. The van der Waals surface area contributed by atoms with E-state index >= 15 is 0 Å². The van der Waals surface area contributed by atoms with Crippen LogP contribution in [0.4, 0.5) is 5.69 Å². The molecule has 1 aliphatic rings. The smallest absolute Gasteiger partial charge is 0.151 e. The average molecular weight is 336 g/mol. The van der Waals surface area contributed by atoms with Crippen LogP contribution in [0, 0.1) is 0 Å². The van der Waals surface area contributed by atoms with Gasteiger partial charge in [-0.15, -0.1) is 0 Å². The van der Waals surface area contributed by atoms with Crippen LogP contribution in [0.2, 0.25) is 0 Å². The summed E-state index contributed by atoms with van der Waals surface area (Å²) in [6.45, 7) is 2.63. The number of hydrogen-bond acceptors (Lipinski definition) is 4. The SMILES string of the molecule is CN(C)Cc1cc(CN2CCc3c(Br)cccc32)no1. The Hall–Kier alpha value is -1.33. The lowest BCUT2D eigenvalue weighted by Crippen LogP contribution is -2.19. The summed E-state index contributed by atoms with van der Waals surface area (Å²) in [6.07, 6.45) is 1.08. The minimum Gasteiger partial charge on any atom is -0.365 e. The van der Waals surface area contributed by atoms with Gasteiger partial charge in [-0.1, -0.05) is 27.2 Å². The van der Waals surface area contributed by atoms with Gasteiger partial charge in [0.2, 0.25) is 0 Å². The number of hydrogen-bond donors (Lipinski definition) is 0. The second kappa shape index (κ2) is 5.58. The van der Waals surface area contributed by atoms with Crippen molar-refractivity contribution in [3.05, 3.63) is 45.8 Å². The standard InChI is InChI=1S/C15H18BrN3O/c1-18(2)10-12-8-11(17-20-12)9-19-7-6-13-14(16)4-3-5-15(13)19/h3-5,8H,6-7,9-10H2,1-2H3. The molecule has 0 aliphatic carbocycles. The van der Waals surface area contributed by atoms with Crippen molar-refractivity contribution in [3.8, 4) is 0 Å². The van der Waals surface area contributed by atoms with Crippen LogP contribution in [0.3, 0.4) is 0 Å². The minimum absolute atomic E-state index is 0.787. The number of aromatic nitrogens is 1. The van der Waals surface area contributed by atoms with Crippen LogP contribution >= 0.6 is 15.9 Å². The second-order valence-corrected chi connectivity index (χ2v) is 6.29. The number of anilines is 1. The molecule has 2 heterocycles. The van der Waals surface area contributed by atoms with Gasteiger partial charge in [0, 0.05) is 22.8 Å². The Morgan fingerprint density at radius 3 is 3.05 bits per heavy atom. The normalized spacial score (nSPS) is 14.1. The highest BCUT2D eigenvalue weighted by atomic mass is 79.9.